The molecule has 1 aromatic carbocycles. The number of rotatable bonds is 4. The summed E-state index contributed by atoms with van der Waals surface area (Å²) >= 11 is 0. The summed E-state index contributed by atoms with van der Waals surface area (Å²) in [6.07, 6.45) is 0. The maximum Gasteiger partial charge on any atom is 0.119 e. The molecule has 1 saturated heterocycles. The van der Waals surface area contributed by atoms with Crippen molar-refractivity contribution in [2.45, 2.75) is 12.5 Å². The molecule has 20 heavy (non-hydrogen) atoms. The number of nitrogens with two attached hydrogens (primary N) is 1. The molecule has 1 heterocycles. The summed E-state index contributed by atoms with van der Waals surface area (Å²) in [5.74, 6) is 0.875. The summed E-state index contributed by atoms with van der Waals surface area (Å²) < 4.78 is 5.17. The lowest BCUT2D eigenvalue weighted by molar-refractivity contribution is 0.228. The molecule has 1 atom stereocenters. The van der Waals surface area contributed by atoms with Gasteiger partial charge in [0, 0.05) is 38.4 Å². The largest absolute Gasteiger partial charge is 0.497 e. The molecule has 5 heteroatoms. The van der Waals surface area contributed by atoms with Crippen LogP contribution in [0.25, 0.3) is 0 Å². The van der Waals surface area contributed by atoms with Gasteiger partial charge in [0.1, 0.15) is 11.3 Å². The van der Waals surface area contributed by atoms with Crippen molar-refractivity contribution in [2.24, 2.45) is 5.73 Å². The molecule has 1 aromatic rings. The second kappa shape index (κ2) is 6.12. The quantitative estimate of drug-likeness (QED) is 0.889. The molecule has 0 radical (unpaired) electrons. The summed E-state index contributed by atoms with van der Waals surface area (Å²) in [4.78, 5) is 4.60. The fourth-order valence-electron chi connectivity index (χ4n) is 2.46. The lowest BCUT2D eigenvalue weighted by Gasteiger charge is -2.38. The van der Waals surface area contributed by atoms with Crippen LogP contribution in [0.5, 0.6) is 5.75 Å². The molecule has 108 valence electrons. The van der Waals surface area contributed by atoms with Crippen LogP contribution in [0.4, 0.5) is 5.69 Å². The third kappa shape index (κ3) is 3.62. The first-order chi connectivity index (χ1) is 9.54. The molecule has 2 rings (SSSR count). The minimum Gasteiger partial charge on any atom is -0.497 e. The summed E-state index contributed by atoms with van der Waals surface area (Å²) in [7, 11) is 1.67. The Morgan fingerprint density at radius 2 is 1.85 bits per heavy atom. The average Bonchev–Trinajstić information content (AvgIpc) is 2.48. The Labute approximate surface area is 120 Å². The van der Waals surface area contributed by atoms with Crippen LogP contribution in [0, 0.1) is 11.3 Å². The number of hydrogen-bond acceptors (Lipinski definition) is 5. The standard InChI is InChI=1S/C15H22N4O/c1-15(17,11-16)12-18-7-9-19(10-8-18)13-3-5-14(20-2)6-4-13/h3-6H,7-10,12,17H2,1-2H3. The number of piperazine rings is 1. The highest BCUT2D eigenvalue weighted by atomic mass is 16.5. The van der Waals surface area contributed by atoms with Gasteiger partial charge in [0.05, 0.1) is 13.2 Å². The van der Waals surface area contributed by atoms with E-state index in [1.165, 1.54) is 5.69 Å². The van der Waals surface area contributed by atoms with Crippen molar-refractivity contribution in [3.63, 3.8) is 0 Å². The van der Waals surface area contributed by atoms with Gasteiger partial charge in [-0.15, -0.1) is 0 Å². The lowest BCUT2D eigenvalue weighted by atomic mass is 10.1. The molecule has 5 nitrogen and oxygen atoms in total. The topological polar surface area (TPSA) is 65.5 Å². The Balaban J connectivity index is 1.89. The van der Waals surface area contributed by atoms with Gasteiger partial charge < -0.3 is 15.4 Å². The van der Waals surface area contributed by atoms with Gasteiger partial charge >= 0.3 is 0 Å². The second-order valence-corrected chi connectivity index (χ2v) is 5.49. The molecule has 1 aliphatic rings. The molecule has 1 fully saturated rings. The molecule has 1 unspecified atom stereocenters. The Morgan fingerprint density at radius 1 is 1.25 bits per heavy atom. The Hall–Kier alpha value is -1.77. The van der Waals surface area contributed by atoms with Crippen molar-refractivity contribution in [1.29, 1.82) is 5.26 Å². The molecule has 0 bridgehead atoms. The van der Waals surface area contributed by atoms with Gasteiger partial charge in [0.2, 0.25) is 0 Å². The third-order valence-corrected chi connectivity index (χ3v) is 3.62. The number of nitriles is 1. The molecular formula is C15H22N4O. The van der Waals surface area contributed by atoms with E-state index in [4.69, 9.17) is 15.7 Å². The summed E-state index contributed by atoms with van der Waals surface area (Å²) in [6.45, 7) is 6.17. The van der Waals surface area contributed by atoms with E-state index in [1.807, 2.05) is 12.1 Å². The van der Waals surface area contributed by atoms with Crippen LogP contribution >= 0.6 is 0 Å². The summed E-state index contributed by atoms with van der Waals surface area (Å²) in [5.41, 5.74) is 6.34. The van der Waals surface area contributed by atoms with Crippen LogP contribution < -0.4 is 15.4 Å². The third-order valence-electron chi connectivity index (χ3n) is 3.62. The first-order valence-electron chi connectivity index (χ1n) is 6.85. The van der Waals surface area contributed by atoms with Crippen LogP contribution in [0.3, 0.4) is 0 Å². The number of benzene rings is 1. The Bertz CT molecular complexity index is 470. The maximum atomic E-state index is 8.98. The normalized spacial score (nSPS) is 19.2. The summed E-state index contributed by atoms with van der Waals surface area (Å²) in [6, 6.07) is 10.3. The van der Waals surface area contributed by atoms with E-state index in [1.54, 1.807) is 14.0 Å². The monoisotopic (exact) mass is 274 g/mol. The van der Waals surface area contributed by atoms with Gasteiger partial charge in [-0.2, -0.15) is 5.26 Å². The fraction of sp³-hybridized carbons (Fsp3) is 0.533. The number of anilines is 1. The molecule has 0 spiro atoms. The van der Waals surface area contributed by atoms with E-state index in [2.05, 4.69) is 28.0 Å². The molecule has 0 aliphatic carbocycles. The van der Waals surface area contributed by atoms with E-state index in [9.17, 15) is 0 Å². The van der Waals surface area contributed by atoms with Gasteiger partial charge in [-0.25, -0.2) is 0 Å². The molecule has 2 N–H and O–H groups in total. The first-order valence-corrected chi connectivity index (χ1v) is 6.85. The minimum absolute atomic E-state index is 0.625. The Kier molecular flexibility index (Phi) is 4.48. The van der Waals surface area contributed by atoms with Crippen molar-refractivity contribution < 1.29 is 4.74 Å². The second-order valence-electron chi connectivity index (χ2n) is 5.49. The number of nitrogens with zero attached hydrogens (tertiary/aromatic N) is 3. The van der Waals surface area contributed by atoms with Crippen LogP contribution in [-0.2, 0) is 0 Å². The maximum absolute atomic E-state index is 8.98. The summed E-state index contributed by atoms with van der Waals surface area (Å²) in [5, 5.41) is 8.98. The van der Waals surface area contributed by atoms with E-state index in [0.29, 0.717) is 6.54 Å². The smallest absolute Gasteiger partial charge is 0.119 e. The van der Waals surface area contributed by atoms with Gasteiger partial charge in [-0.3, -0.25) is 4.90 Å². The van der Waals surface area contributed by atoms with Crippen LogP contribution in [0.15, 0.2) is 24.3 Å². The van der Waals surface area contributed by atoms with E-state index >= 15 is 0 Å². The lowest BCUT2D eigenvalue weighted by Crippen LogP contribution is -2.53. The van der Waals surface area contributed by atoms with Gasteiger partial charge in [-0.1, -0.05) is 0 Å². The van der Waals surface area contributed by atoms with E-state index in [0.717, 1.165) is 31.9 Å². The van der Waals surface area contributed by atoms with E-state index < -0.39 is 5.54 Å². The van der Waals surface area contributed by atoms with E-state index in [-0.39, 0.29) is 0 Å². The molecule has 0 aromatic heterocycles. The van der Waals surface area contributed by atoms with Crippen LogP contribution in [0.1, 0.15) is 6.92 Å². The minimum atomic E-state index is -0.762. The van der Waals surface area contributed by atoms with Gasteiger partial charge in [0.15, 0.2) is 0 Å². The molecular weight excluding hydrogens is 252 g/mol. The van der Waals surface area contributed by atoms with Crippen molar-refractivity contribution in [3.05, 3.63) is 24.3 Å². The van der Waals surface area contributed by atoms with Gasteiger partial charge in [-0.05, 0) is 31.2 Å². The van der Waals surface area contributed by atoms with Crippen LogP contribution in [0.2, 0.25) is 0 Å². The zero-order chi connectivity index (χ0) is 14.6. The number of ether oxygens (including phenoxy) is 1. The highest BCUT2D eigenvalue weighted by Crippen LogP contribution is 2.20. The fourth-order valence-corrected chi connectivity index (χ4v) is 2.46. The van der Waals surface area contributed by atoms with Crippen molar-refractivity contribution in [3.8, 4) is 11.8 Å². The zero-order valence-electron chi connectivity index (χ0n) is 12.2. The van der Waals surface area contributed by atoms with Crippen LogP contribution in [-0.4, -0.2) is 50.3 Å². The number of hydrogen-bond donors (Lipinski definition) is 1. The molecule has 0 saturated carbocycles. The number of methoxy groups -OCH3 is 1. The highest BCUT2D eigenvalue weighted by Gasteiger charge is 2.25. The Morgan fingerprint density at radius 3 is 2.35 bits per heavy atom. The highest BCUT2D eigenvalue weighted by molar-refractivity contribution is 5.49. The zero-order valence-corrected chi connectivity index (χ0v) is 12.2. The predicted molar refractivity (Wildman–Crippen MR) is 79.9 cm³/mol. The predicted octanol–water partition coefficient (Wildman–Crippen LogP) is 1.06. The van der Waals surface area contributed by atoms with Gasteiger partial charge in [0.25, 0.3) is 0 Å². The first kappa shape index (κ1) is 14.6. The SMILES string of the molecule is COc1ccc(N2CCN(CC(C)(N)C#N)CC2)cc1. The average molecular weight is 274 g/mol. The molecule has 1 aliphatic heterocycles. The van der Waals surface area contributed by atoms with Crippen molar-refractivity contribution in [1.82, 2.24) is 4.90 Å². The molecule has 0 amide bonds. The van der Waals surface area contributed by atoms with Crippen molar-refractivity contribution >= 4 is 5.69 Å². The van der Waals surface area contributed by atoms with Crippen molar-refractivity contribution in [2.75, 3.05) is 44.7 Å².